The van der Waals surface area contributed by atoms with Crippen LogP contribution in [0.25, 0.3) is 11.0 Å². The van der Waals surface area contributed by atoms with Gasteiger partial charge in [0.1, 0.15) is 23.1 Å². The SMILES string of the molecule is COc1ccc(Oc2cc(N3CC(C)NC(C)C3)nc(NCc3nc4ccccc4[nH]3)n2)c(Cl)c1. The number of hydrogen-bond donors (Lipinski definition) is 3. The fourth-order valence-corrected chi connectivity index (χ4v) is 4.49. The number of ether oxygens (including phenoxy) is 2. The lowest BCUT2D eigenvalue weighted by molar-refractivity contribution is 0.403. The van der Waals surface area contributed by atoms with E-state index in [1.807, 2.05) is 30.3 Å². The van der Waals surface area contributed by atoms with Crippen molar-refractivity contribution in [3.05, 3.63) is 59.4 Å². The molecule has 2 aromatic carbocycles. The van der Waals surface area contributed by atoms with Crippen molar-refractivity contribution in [3.63, 3.8) is 0 Å². The molecule has 4 aromatic rings. The van der Waals surface area contributed by atoms with E-state index in [9.17, 15) is 0 Å². The lowest BCUT2D eigenvalue weighted by Gasteiger charge is -2.37. The van der Waals surface area contributed by atoms with Crippen molar-refractivity contribution in [2.45, 2.75) is 32.5 Å². The highest BCUT2D eigenvalue weighted by molar-refractivity contribution is 6.32. The molecule has 3 N–H and O–H groups in total. The molecule has 2 atom stereocenters. The highest BCUT2D eigenvalue weighted by Gasteiger charge is 2.23. The number of methoxy groups -OCH3 is 1. The third kappa shape index (κ3) is 5.41. The van der Waals surface area contributed by atoms with Gasteiger partial charge in [0.2, 0.25) is 11.8 Å². The first-order valence-electron chi connectivity index (χ1n) is 11.6. The van der Waals surface area contributed by atoms with Gasteiger partial charge < -0.3 is 30.0 Å². The first kappa shape index (κ1) is 23.2. The van der Waals surface area contributed by atoms with Crippen LogP contribution in [0.3, 0.4) is 0 Å². The Labute approximate surface area is 208 Å². The first-order chi connectivity index (χ1) is 17.0. The Morgan fingerprint density at radius 1 is 1.06 bits per heavy atom. The summed E-state index contributed by atoms with van der Waals surface area (Å²) in [7, 11) is 1.60. The average Bonchev–Trinajstić information content (AvgIpc) is 3.26. The van der Waals surface area contributed by atoms with Crippen molar-refractivity contribution in [2.24, 2.45) is 0 Å². The summed E-state index contributed by atoms with van der Waals surface area (Å²) in [5.74, 6) is 3.57. The van der Waals surface area contributed by atoms with Crippen LogP contribution in [0.2, 0.25) is 5.02 Å². The van der Waals surface area contributed by atoms with E-state index in [0.717, 1.165) is 35.8 Å². The van der Waals surface area contributed by atoms with Gasteiger partial charge in [0.15, 0.2) is 0 Å². The summed E-state index contributed by atoms with van der Waals surface area (Å²) >= 11 is 6.41. The second-order valence-electron chi connectivity index (χ2n) is 8.71. The van der Waals surface area contributed by atoms with Gasteiger partial charge in [-0.25, -0.2) is 4.98 Å². The van der Waals surface area contributed by atoms with E-state index < -0.39 is 0 Å². The maximum Gasteiger partial charge on any atom is 0.228 e. The lowest BCUT2D eigenvalue weighted by atomic mass is 10.1. The quantitative estimate of drug-likeness (QED) is 0.343. The highest BCUT2D eigenvalue weighted by atomic mass is 35.5. The molecule has 3 heterocycles. The van der Waals surface area contributed by atoms with Gasteiger partial charge in [0.05, 0.1) is 29.7 Å². The fraction of sp³-hybridized carbons (Fsp3) is 0.320. The van der Waals surface area contributed by atoms with Crippen LogP contribution in [0.15, 0.2) is 48.5 Å². The minimum Gasteiger partial charge on any atom is -0.497 e. The standard InChI is InChI=1S/C25H28ClN7O2/c1-15-13-33(14-16(2)28-15)23-11-24(35-21-9-8-17(34-3)10-18(21)26)32-25(31-23)27-12-22-29-19-6-4-5-7-20(19)30-22/h4-11,15-16,28H,12-14H2,1-3H3,(H,29,30)(H,27,31,32). The number of anilines is 2. The molecule has 1 saturated heterocycles. The summed E-state index contributed by atoms with van der Waals surface area (Å²) in [5.41, 5.74) is 1.90. The molecule has 2 aromatic heterocycles. The lowest BCUT2D eigenvalue weighted by Crippen LogP contribution is -2.54. The molecule has 1 fully saturated rings. The van der Waals surface area contributed by atoms with E-state index in [4.69, 9.17) is 26.1 Å². The highest BCUT2D eigenvalue weighted by Crippen LogP contribution is 2.33. The van der Waals surface area contributed by atoms with Gasteiger partial charge in [0, 0.05) is 37.3 Å². The summed E-state index contributed by atoms with van der Waals surface area (Å²) in [6.07, 6.45) is 0. The van der Waals surface area contributed by atoms with Crippen LogP contribution >= 0.6 is 11.6 Å². The van der Waals surface area contributed by atoms with Crippen molar-refractivity contribution < 1.29 is 9.47 Å². The second kappa shape index (κ2) is 9.97. The van der Waals surface area contributed by atoms with Crippen LogP contribution < -0.4 is 25.0 Å². The average molecular weight is 494 g/mol. The Morgan fingerprint density at radius 3 is 2.60 bits per heavy atom. The van der Waals surface area contributed by atoms with Crippen LogP contribution in [0.1, 0.15) is 19.7 Å². The van der Waals surface area contributed by atoms with Crippen LogP contribution in [0.5, 0.6) is 17.4 Å². The van der Waals surface area contributed by atoms with Gasteiger partial charge in [-0.1, -0.05) is 23.7 Å². The van der Waals surface area contributed by atoms with Gasteiger partial charge in [0.25, 0.3) is 0 Å². The molecule has 0 saturated carbocycles. The molecule has 1 aliphatic heterocycles. The molecule has 35 heavy (non-hydrogen) atoms. The van der Waals surface area contributed by atoms with Crippen LogP contribution in [0.4, 0.5) is 11.8 Å². The van der Waals surface area contributed by atoms with E-state index in [2.05, 4.69) is 44.3 Å². The summed E-state index contributed by atoms with van der Waals surface area (Å²) < 4.78 is 11.3. The van der Waals surface area contributed by atoms with Gasteiger partial charge in [-0.15, -0.1) is 0 Å². The minimum absolute atomic E-state index is 0.334. The van der Waals surface area contributed by atoms with E-state index in [1.165, 1.54) is 0 Å². The molecule has 9 nitrogen and oxygen atoms in total. The van der Waals surface area contributed by atoms with E-state index in [-0.39, 0.29) is 0 Å². The summed E-state index contributed by atoms with van der Waals surface area (Å²) in [6, 6.07) is 15.7. The maximum absolute atomic E-state index is 6.41. The number of H-pyrrole nitrogens is 1. The number of aromatic nitrogens is 4. The number of para-hydroxylation sites is 2. The Kier molecular flexibility index (Phi) is 6.61. The zero-order valence-corrected chi connectivity index (χ0v) is 20.6. The number of piperazine rings is 1. The number of aromatic amines is 1. The van der Waals surface area contributed by atoms with Gasteiger partial charge in [-0.2, -0.15) is 9.97 Å². The minimum atomic E-state index is 0.334. The van der Waals surface area contributed by atoms with E-state index in [0.29, 0.717) is 47.0 Å². The fourth-order valence-electron chi connectivity index (χ4n) is 4.28. The van der Waals surface area contributed by atoms with Gasteiger partial charge in [-0.05, 0) is 38.1 Å². The van der Waals surface area contributed by atoms with Crippen LogP contribution in [-0.2, 0) is 6.54 Å². The summed E-state index contributed by atoms with van der Waals surface area (Å²) in [6.45, 7) is 6.42. The molecule has 2 unspecified atom stereocenters. The predicted octanol–water partition coefficient (Wildman–Crippen LogP) is 4.61. The number of rotatable bonds is 7. The predicted molar refractivity (Wildman–Crippen MR) is 138 cm³/mol. The van der Waals surface area contributed by atoms with Gasteiger partial charge in [-0.3, -0.25) is 0 Å². The molecule has 1 aliphatic rings. The van der Waals surface area contributed by atoms with Crippen LogP contribution in [-0.4, -0.2) is 52.2 Å². The topological polar surface area (TPSA) is 100 Å². The first-order valence-corrected chi connectivity index (χ1v) is 11.9. The van der Waals surface area contributed by atoms with E-state index in [1.54, 1.807) is 25.3 Å². The second-order valence-corrected chi connectivity index (χ2v) is 9.12. The summed E-state index contributed by atoms with van der Waals surface area (Å²) in [4.78, 5) is 19.6. The molecule has 0 spiro atoms. The molecule has 0 aliphatic carbocycles. The Bertz CT molecular complexity index is 1290. The number of nitrogens with zero attached hydrogens (tertiary/aromatic N) is 4. The number of benzene rings is 2. The smallest absolute Gasteiger partial charge is 0.228 e. The number of fused-ring (bicyclic) bond motifs is 1. The molecular formula is C25H28ClN7O2. The van der Waals surface area contributed by atoms with Crippen molar-refractivity contribution in [1.82, 2.24) is 25.3 Å². The van der Waals surface area contributed by atoms with E-state index >= 15 is 0 Å². The monoisotopic (exact) mass is 493 g/mol. The number of halogens is 1. The molecule has 10 heteroatoms. The number of nitrogens with one attached hydrogen (secondary N) is 3. The Hall–Kier alpha value is -3.56. The maximum atomic E-state index is 6.41. The number of imidazole rings is 1. The molecule has 0 amide bonds. The zero-order valence-electron chi connectivity index (χ0n) is 19.9. The molecule has 182 valence electrons. The van der Waals surface area contributed by atoms with Crippen molar-refractivity contribution >= 4 is 34.4 Å². The third-order valence-electron chi connectivity index (χ3n) is 5.78. The van der Waals surface area contributed by atoms with Crippen molar-refractivity contribution in [1.29, 1.82) is 0 Å². The van der Waals surface area contributed by atoms with Crippen molar-refractivity contribution in [2.75, 3.05) is 30.4 Å². The molecular weight excluding hydrogens is 466 g/mol. The largest absolute Gasteiger partial charge is 0.497 e. The number of hydrogen-bond acceptors (Lipinski definition) is 8. The van der Waals surface area contributed by atoms with Crippen LogP contribution in [0, 0.1) is 0 Å². The van der Waals surface area contributed by atoms with Gasteiger partial charge >= 0.3 is 0 Å². The molecule has 5 rings (SSSR count). The molecule has 0 radical (unpaired) electrons. The normalized spacial score (nSPS) is 18.0. The molecule has 0 bridgehead atoms. The summed E-state index contributed by atoms with van der Waals surface area (Å²) in [5, 5.41) is 7.28. The zero-order chi connectivity index (χ0) is 24.4. The Balaban J connectivity index is 1.42. The third-order valence-corrected chi connectivity index (χ3v) is 6.07. The van der Waals surface area contributed by atoms with Crippen molar-refractivity contribution in [3.8, 4) is 17.4 Å². The Morgan fingerprint density at radius 2 is 1.86 bits per heavy atom.